The van der Waals surface area contributed by atoms with Crippen molar-refractivity contribution < 1.29 is 14.0 Å². The van der Waals surface area contributed by atoms with Crippen LogP contribution in [0.5, 0.6) is 0 Å². The van der Waals surface area contributed by atoms with E-state index in [0.717, 1.165) is 0 Å². The molecule has 126 valence electrons. The summed E-state index contributed by atoms with van der Waals surface area (Å²) in [5, 5.41) is 2.81. The summed E-state index contributed by atoms with van der Waals surface area (Å²) < 4.78 is 6.32. The van der Waals surface area contributed by atoms with Crippen molar-refractivity contribution in [3.8, 4) is 0 Å². The second kappa shape index (κ2) is 6.21. The van der Waals surface area contributed by atoms with E-state index < -0.39 is 20.3 Å². The molecule has 1 aromatic carbocycles. The lowest BCUT2D eigenvalue weighted by Crippen LogP contribution is -2.66. The van der Waals surface area contributed by atoms with E-state index in [1.54, 1.807) is 12.1 Å². The van der Waals surface area contributed by atoms with Crippen molar-refractivity contribution in [3.63, 3.8) is 0 Å². The Labute approximate surface area is 139 Å². The minimum Gasteiger partial charge on any atom is -0.413 e. The van der Waals surface area contributed by atoms with Crippen LogP contribution in [0, 0.1) is 5.92 Å². The zero-order valence-corrected chi connectivity index (χ0v) is 15.8. The molecule has 0 radical (unpaired) electrons. The summed E-state index contributed by atoms with van der Waals surface area (Å²) in [5.41, 5.74) is 0.627. The lowest BCUT2D eigenvalue weighted by molar-refractivity contribution is -0.138. The SMILES string of the molecule is C[C@H](O[Si](C)(C)C(C)(C)C)[C@H]1C(=O)N[C@H]1C(=O)c1ccccc1. The van der Waals surface area contributed by atoms with Gasteiger partial charge in [-0.2, -0.15) is 0 Å². The summed E-state index contributed by atoms with van der Waals surface area (Å²) in [4.78, 5) is 24.6. The quantitative estimate of drug-likeness (QED) is 0.510. The fourth-order valence-electron chi connectivity index (χ4n) is 2.60. The van der Waals surface area contributed by atoms with Gasteiger partial charge in [0.05, 0.1) is 12.0 Å². The van der Waals surface area contributed by atoms with Crippen molar-refractivity contribution in [1.29, 1.82) is 0 Å². The number of amides is 1. The van der Waals surface area contributed by atoms with Crippen molar-refractivity contribution in [3.05, 3.63) is 35.9 Å². The van der Waals surface area contributed by atoms with Crippen LogP contribution in [-0.4, -0.2) is 32.2 Å². The van der Waals surface area contributed by atoms with Crippen molar-refractivity contribution in [2.45, 2.75) is 58.0 Å². The third kappa shape index (κ3) is 3.56. The third-order valence-electron chi connectivity index (χ3n) is 5.09. The summed E-state index contributed by atoms with van der Waals surface area (Å²) in [7, 11) is -1.98. The van der Waals surface area contributed by atoms with Crippen LogP contribution >= 0.6 is 0 Å². The summed E-state index contributed by atoms with van der Waals surface area (Å²) >= 11 is 0. The van der Waals surface area contributed by atoms with E-state index in [1.807, 2.05) is 25.1 Å². The molecule has 2 rings (SSSR count). The maximum Gasteiger partial charge on any atom is 0.228 e. The predicted molar refractivity (Wildman–Crippen MR) is 93.9 cm³/mol. The average molecular weight is 334 g/mol. The first-order chi connectivity index (χ1) is 10.5. The molecule has 3 atom stereocenters. The molecule has 0 spiro atoms. The molecule has 5 heteroatoms. The Kier molecular flexibility index (Phi) is 4.83. The fourth-order valence-corrected chi connectivity index (χ4v) is 4.03. The molecule has 0 aliphatic carbocycles. The monoisotopic (exact) mass is 333 g/mol. The molecular formula is C18H27NO3Si. The van der Waals surface area contributed by atoms with Gasteiger partial charge in [-0.1, -0.05) is 51.1 Å². The minimum atomic E-state index is -1.98. The predicted octanol–water partition coefficient (Wildman–Crippen LogP) is 3.39. The lowest BCUT2D eigenvalue weighted by atomic mass is 9.81. The Morgan fingerprint density at radius 2 is 1.78 bits per heavy atom. The average Bonchev–Trinajstić information content (AvgIpc) is 2.42. The van der Waals surface area contributed by atoms with Gasteiger partial charge in [0.25, 0.3) is 0 Å². The molecule has 4 nitrogen and oxygen atoms in total. The number of rotatable bonds is 5. The highest BCUT2D eigenvalue weighted by Crippen LogP contribution is 2.39. The Bertz CT molecular complexity index is 592. The number of β-lactam (4-membered cyclic amide) rings is 1. The number of carbonyl (C=O) groups excluding carboxylic acids is 2. The summed E-state index contributed by atoms with van der Waals surface area (Å²) in [5.74, 6) is -0.539. The highest BCUT2D eigenvalue weighted by molar-refractivity contribution is 6.74. The van der Waals surface area contributed by atoms with Crippen LogP contribution in [0.25, 0.3) is 0 Å². The van der Waals surface area contributed by atoms with Crippen molar-refractivity contribution in [2.24, 2.45) is 5.92 Å². The highest BCUT2D eigenvalue weighted by atomic mass is 28.4. The van der Waals surface area contributed by atoms with E-state index in [1.165, 1.54) is 0 Å². The standard InChI is InChI=1S/C18H27NO3Si/c1-12(22-23(5,6)18(2,3)4)14-15(19-17(14)21)16(20)13-10-8-7-9-11-13/h7-12,14-15H,1-6H3,(H,19,21)/t12-,14+,15+/m0/s1. The van der Waals surface area contributed by atoms with Gasteiger partial charge in [-0.05, 0) is 25.1 Å². The normalized spacial score (nSPS) is 23.0. The summed E-state index contributed by atoms with van der Waals surface area (Å²) in [6.07, 6.45) is -0.262. The molecule has 1 aliphatic rings. The van der Waals surface area contributed by atoms with Crippen LogP contribution in [0.4, 0.5) is 0 Å². The number of benzene rings is 1. The van der Waals surface area contributed by atoms with Gasteiger partial charge in [0.2, 0.25) is 5.91 Å². The Hall–Kier alpha value is -1.46. The first kappa shape index (κ1) is 17.9. The van der Waals surface area contributed by atoms with Gasteiger partial charge in [-0.25, -0.2) is 0 Å². The van der Waals surface area contributed by atoms with E-state index in [2.05, 4.69) is 39.2 Å². The molecule has 1 aliphatic heterocycles. The molecule has 1 N–H and O–H groups in total. The van der Waals surface area contributed by atoms with Crippen LogP contribution in [0.15, 0.2) is 30.3 Å². The maximum atomic E-state index is 12.6. The van der Waals surface area contributed by atoms with Crippen LogP contribution in [0.2, 0.25) is 18.1 Å². The zero-order valence-electron chi connectivity index (χ0n) is 14.8. The number of hydrogen-bond donors (Lipinski definition) is 1. The number of carbonyl (C=O) groups is 2. The van der Waals surface area contributed by atoms with E-state index in [0.29, 0.717) is 5.56 Å². The first-order valence-electron chi connectivity index (χ1n) is 8.12. The van der Waals surface area contributed by atoms with Crippen LogP contribution in [0.1, 0.15) is 38.1 Å². The van der Waals surface area contributed by atoms with Gasteiger partial charge in [0, 0.05) is 5.56 Å². The molecule has 23 heavy (non-hydrogen) atoms. The number of ketones is 1. The van der Waals surface area contributed by atoms with Crippen molar-refractivity contribution in [2.75, 3.05) is 0 Å². The number of nitrogens with one attached hydrogen (secondary N) is 1. The molecule has 1 aromatic rings. The molecule has 0 bridgehead atoms. The largest absolute Gasteiger partial charge is 0.413 e. The Morgan fingerprint density at radius 1 is 1.22 bits per heavy atom. The molecule has 0 unspecified atom stereocenters. The second-order valence-electron chi connectivity index (χ2n) is 7.83. The van der Waals surface area contributed by atoms with E-state index in [4.69, 9.17) is 4.43 Å². The van der Waals surface area contributed by atoms with Gasteiger partial charge >= 0.3 is 0 Å². The van der Waals surface area contributed by atoms with Crippen LogP contribution < -0.4 is 5.32 Å². The summed E-state index contributed by atoms with van der Waals surface area (Å²) in [6.45, 7) is 12.7. The number of Topliss-reactive ketones (excluding diaryl/α,β-unsaturated/α-hetero) is 1. The molecule has 1 fully saturated rings. The molecule has 1 saturated heterocycles. The van der Waals surface area contributed by atoms with Gasteiger partial charge < -0.3 is 9.74 Å². The number of hydrogen-bond acceptors (Lipinski definition) is 3. The van der Waals surface area contributed by atoms with Gasteiger partial charge in [0.15, 0.2) is 14.1 Å². The molecule has 1 amide bonds. The summed E-state index contributed by atoms with van der Waals surface area (Å²) in [6, 6.07) is 8.62. The molecule has 1 heterocycles. The molecular weight excluding hydrogens is 306 g/mol. The van der Waals surface area contributed by atoms with Crippen LogP contribution in [0.3, 0.4) is 0 Å². The Morgan fingerprint density at radius 3 is 2.26 bits per heavy atom. The lowest BCUT2D eigenvalue weighted by Gasteiger charge is -2.44. The third-order valence-corrected chi connectivity index (χ3v) is 9.67. The minimum absolute atomic E-state index is 0.0409. The zero-order chi connectivity index (χ0) is 17.4. The van der Waals surface area contributed by atoms with Crippen molar-refractivity contribution >= 4 is 20.0 Å². The topological polar surface area (TPSA) is 55.4 Å². The first-order valence-corrected chi connectivity index (χ1v) is 11.0. The second-order valence-corrected chi connectivity index (χ2v) is 12.6. The molecule has 0 aromatic heterocycles. The van der Waals surface area contributed by atoms with Gasteiger partial charge in [-0.15, -0.1) is 0 Å². The van der Waals surface area contributed by atoms with E-state index >= 15 is 0 Å². The van der Waals surface area contributed by atoms with Crippen LogP contribution in [-0.2, 0) is 9.22 Å². The van der Waals surface area contributed by atoms with Gasteiger partial charge in [-0.3, -0.25) is 9.59 Å². The fraction of sp³-hybridized carbons (Fsp3) is 0.556. The van der Waals surface area contributed by atoms with Gasteiger partial charge in [0.1, 0.15) is 6.04 Å². The van der Waals surface area contributed by atoms with E-state index in [-0.39, 0.29) is 22.8 Å². The molecule has 0 saturated carbocycles. The highest BCUT2D eigenvalue weighted by Gasteiger charge is 2.50. The smallest absolute Gasteiger partial charge is 0.228 e. The van der Waals surface area contributed by atoms with E-state index in [9.17, 15) is 9.59 Å². The Balaban J connectivity index is 2.12. The van der Waals surface area contributed by atoms with Crippen molar-refractivity contribution in [1.82, 2.24) is 5.32 Å². The maximum absolute atomic E-state index is 12.6.